The Labute approximate surface area is 267 Å². The molecule has 0 heterocycles. The zero-order valence-corrected chi connectivity index (χ0v) is 25.1. The third-order valence-electron chi connectivity index (χ3n) is 8.82. The number of esters is 1. The van der Waals surface area contributed by atoms with Crippen molar-refractivity contribution >= 4 is 17.8 Å². The normalized spacial score (nSPS) is 13.7. The standard InChI is InChI=1S/C39H34N2O5/c40-35(42)24-25-38(36(43)44,37(45)46-26-34-32-22-12-10-20-30(32)31-21-11-13-23-33(31)34)41-39(27-14-4-1-5-15-27,28-16-6-2-7-17-28)29-18-8-3-9-19-29/h1-23,34,41H,24-26H2,(H2,40,42)(H,43,44)/t38-/m0/s1. The second kappa shape index (κ2) is 12.8. The van der Waals surface area contributed by atoms with E-state index in [2.05, 4.69) is 5.32 Å². The highest BCUT2D eigenvalue weighted by atomic mass is 16.5. The van der Waals surface area contributed by atoms with E-state index in [4.69, 9.17) is 10.5 Å². The van der Waals surface area contributed by atoms with Crippen LogP contribution in [0.4, 0.5) is 0 Å². The van der Waals surface area contributed by atoms with Crippen LogP contribution in [0.25, 0.3) is 11.1 Å². The molecule has 0 spiro atoms. The summed E-state index contributed by atoms with van der Waals surface area (Å²) in [6, 6.07) is 43.9. The summed E-state index contributed by atoms with van der Waals surface area (Å²) in [5.74, 6) is -3.50. The van der Waals surface area contributed by atoms with E-state index in [1.807, 2.05) is 140 Å². The van der Waals surface area contributed by atoms with Gasteiger partial charge in [0, 0.05) is 12.3 Å². The van der Waals surface area contributed by atoms with Crippen LogP contribution < -0.4 is 11.1 Å². The van der Waals surface area contributed by atoms with Gasteiger partial charge < -0.3 is 15.6 Å². The molecule has 4 N–H and O–H groups in total. The Morgan fingerprint density at radius 1 is 0.652 bits per heavy atom. The minimum Gasteiger partial charge on any atom is -0.479 e. The van der Waals surface area contributed by atoms with Crippen molar-refractivity contribution in [2.45, 2.75) is 29.8 Å². The lowest BCUT2D eigenvalue weighted by Crippen LogP contribution is -2.66. The van der Waals surface area contributed by atoms with Crippen LogP contribution in [0.2, 0.25) is 0 Å². The number of hydrogen-bond donors (Lipinski definition) is 3. The van der Waals surface area contributed by atoms with Crippen LogP contribution in [-0.4, -0.2) is 35.1 Å². The minimum absolute atomic E-state index is 0.0881. The van der Waals surface area contributed by atoms with Crippen molar-refractivity contribution in [1.82, 2.24) is 5.32 Å². The summed E-state index contributed by atoms with van der Waals surface area (Å²) in [5.41, 5.74) is 8.04. The van der Waals surface area contributed by atoms with Crippen LogP contribution >= 0.6 is 0 Å². The third kappa shape index (κ3) is 5.46. The van der Waals surface area contributed by atoms with Gasteiger partial charge in [-0.3, -0.25) is 10.1 Å². The number of primary amides is 1. The zero-order chi connectivity index (χ0) is 32.1. The Kier molecular flexibility index (Phi) is 8.51. The molecule has 0 fully saturated rings. The molecule has 0 saturated heterocycles. The summed E-state index contributed by atoms with van der Waals surface area (Å²) in [4.78, 5) is 40.1. The van der Waals surface area contributed by atoms with E-state index in [0.717, 1.165) is 22.3 Å². The molecule has 230 valence electrons. The Hall–Kier alpha value is -5.53. The monoisotopic (exact) mass is 610 g/mol. The fraction of sp³-hybridized carbons (Fsp3) is 0.154. The van der Waals surface area contributed by atoms with Gasteiger partial charge in [-0.1, -0.05) is 140 Å². The highest BCUT2D eigenvalue weighted by molar-refractivity contribution is 6.05. The molecule has 5 aromatic rings. The molecule has 0 radical (unpaired) electrons. The Balaban J connectivity index is 1.47. The molecule has 1 atom stereocenters. The van der Waals surface area contributed by atoms with Crippen LogP contribution in [0.15, 0.2) is 140 Å². The van der Waals surface area contributed by atoms with Gasteiger partial charge in [0.25, 0.3) is 0 Å². The molecule has 7 nitrogen and oxygen atoms in total. The number of carbonyl (C=O) groups excluding carboxylic acids is 2. The topological polar surface area (TPSA) is 119 Å². The zero-order valence-electron chi connectivity index (χ0n) is 25.1. The molecule has 1 amide bonds. The summed E-state index contributed by atoms with van der Waals surface area (Å²) >= 11 is 0. The molecule has 0 unspecified atom stereocenters. The molecule has 5 aromatic carbocycles. The summed E-state index contributed by atoms with van der Waals surface area (Å²) in [6.45, 7) is -0.0881. The first-order chi connectivity index (χ1) is 22.4. The van der Waals surface area contributed by atoms with Crippen LogP contribution in [-0.2, 0) is 24.7 Å². The van der Waals surface area contributed by atoms with Gasteiger partial charge in [-0.25, -0.2) is 9.59 Å². The first-order valence-corrected chi connectivity index (χ1v) is 15.2. The molecule has 0 aromatic heterocycles. The summed E-state index contributed by atoms with van der Waals surface area (Å²) in [7, 11) is 0. The predicted octanol–water partition coefficient (Wildman–Crippen LogP) is 6.01. The van der Waals surface area contributed by atoms with E-state index in [-0.39, 0.29) is 18.9 Å². The lowest BCUT2D eigenvalue weighted by molar-refractivity contribution is -0.165. The van der Waals surface area contributed by atoms with Crippen LogP contribution in [0.5, 0.6) is 0 Å². The average molecular weight is 611 g/mol. The number of nitrogens with one attached hydrogen (secondary N) is 1. The number of carbonyl (C=O) groups is 3. The molecular formula is C39H34N2O5. The summed E-state index contributed by atoms with van der Waals surface area (Å²) in [6.07, 6.45) is -0.791. The molecule has 1 aliphatic rings. The molecule has 46 heavy (non-hydrogen) atoms. The lowest BCUT2D eigenvalue weighted by Gasteiger charge is -2.43. The number of benzene rings is 5. The van der Waals surface area contributed by atoms with Gasteiger partial charge in [-0.15, -0.1) is 0 Å². The van der Waals surface area contributed by atoms with E-state index in [0.29, 0.717) is 16.7 Å². The molecule has 6 rings (SSSR count). The van der Waals surface area contributed by atoms with E-state index in [1.54, 1.807) is 0 Å². The first kappa shape index (κ1) is 30.5. The minimum atomic E-state index is -2.37. The first-order valence-electron chi connectivity index (χ1n) is 15.2. The highest BCUT2D eigenvalue weighted by Gasteiger charge is 2.54. The van der Waals surface area contributed by atoms with Gasteiger partial charge in [0.1, 0.15) is 6.61 Å². The predicted molar refractivity (Wildman–Crippen MR) is 176 cm³/mol. The van der Waals surface area contributed by atoms with Gasteiger partial charge in [-0.2, -0.15) is 0 Å². The van der Waals surface area contributed by atoms with Crippen molar-refractivity contribution in [2.75, 3.05) is 6.61 Å². The number of hydrogen-bond acceptors (Lipinski definition) is 5. The number of carboxylic acid groups (broad SMARTS) is 1. The van der Waals surface area contributed by atoms with Crippen LogP contribution in [0, 0.1) is 0 Å². The Morgan fingerprint density at radius 2 is 1.07 bits per heavy atom. The van der Waals surface area contributed by atoms with E-state index >= 15 is 0 Å². The Morgan fingerprint density at radius 3 is 1.48 bits per heavy atom. The molecule has 0 saturated carbocycles. The third-order valence-corrected chi connectivity index (χ3v) is 8.82. The van der Waals surface area contributed by atoms with Crippen molar-refractivity contribution in [3.05, 3.63) is 167 Å². The maximum absolute atomic E-state index is 14.5. The maximum Gasteiger partial charge on any atom is 0.338 e. The number of rotatable bonds is 12. The molecule has 0 bridgehead atoms. The number of amides is 1. The SMILES string of the molecule is NC(=O)CC[C@](NC(c1ccccc1)(c1ccccc1)c1ccccc1)(C(=O)O)C(=O)OCC1c2ccccc2-c2ccccc21. The number of carboxylic acids is 1. The largest absolute Gasteiger partial charge is 0.479 e. The van der Waals surface area contributed by atoms with Crippen molar-refractivity contribution < 1.29 is 24.2 Å². The fourth-order valence-electron chi connectivity index (χ4n) is 6.60. The van der Waals surface area contributed by atoms with E-state index < -0.39 is 35.3 Å². The quantitative estimate of drug-likeness (QED) is 0.0904. The van der Waals surface area contributed by atoms with Crippen molar-refractivity contribution in [2.24, 2.45) is 5.73 Å². The van der Waals surface area contributed by atoms with Crippen molar-refractivity contribution in [1.29, 1.82) is 0 Å². The van der Waals surface area contributed by atoms with Gasteiger partial charge in [-0.05, 0) is 45.4 Å². The summed E-state index contributed by atoms with van der Waals surface area (Å²) in [5, 5.41) is 14.3. The highest BCUT2D eigenvalue weighted by Crippen LogP contribution is 2.45. The smallest absolute Gasteiger partial charge is 0.338 e. The number of nitrogens with two attached hydrogens (primary N) is 1. The lowest BCUT2D eigenvalue weighted by atomic mass is 9.74. The Bertz CT molecular complexity index is 1720. The molecular weight excluding hydrogens is 576 g/mol. The van der Waals surface area contributed by atoms with Gasteiger partial charge in [0.15, 0.2) is 0 Å². The van der Waals surface area contributed by atoms with Crippen molar-refractivity contribution in [3.63, 3.8) is 0 Å². The van der Waals surface area contributed by atoms with E-state index in [9.17, 15) is 19.5 Å². The van der Waals surface area contributed by atoms with Gasteiger partial charge in [0.05, 0.1) is 5.54 Å². The summed E-state index contributed by atoms with van der Waals surface area (Å²) < 4.78 is 6.02. The van der Waals surface area contributed by atoms with Crippen molar-refractivity contribution in [3.8, 4) is 11.1 Å². The van der Waals surface area contributed by atoms with Gasteiger partial charge in [0.2, 0.25) is 11.4 Å². The molecule has 0 aliphatic heterocycles. The number of aliphatic carboxylic acids is 1. The molecule has 1 aliphatic carbocycles. The average Bonchev–Trinajstić information content (AvgIpc) is 3.42. The maximum atomic E-state index is 14.5. The molecule has 7 heteroatoms. The second-order valence-electron chi connectivity index (χ2n) is 11.5. The number of fused-ring (bicyclic) bond motifs is 3. The van der Waals surface area contributed by atoms with Crippen LogP contribution in [0.1, 0.15) is 46.6 Å². The number of ether oxygens (including phenoxy) is 1. The van der Waals surface area contributed by atoms with Crippen LogP contribution in [0.3, 0.4) is 0 Å². The second-order valence-corrected chi connectivity index (χ2v) is 11.5. The van der Waals surface area contributed by atoms with Gasteiger partial charge >= 0.3 is 11.9 Å². The van der Waals surface area contributed by atoms with E-state index in [1.165, 1.54) is 0 Å². The fourth-order valence-corrected chi connectivity index (χ4v) is 6.60.